The van der Waals surface area contributed by atoms with Crippen LogP contribution in [-0.4, -0.2) is 31.1 Å². The highest BCUT2D eigenvalue weighted by Crippen LogP contribution is 2.24. The summed E-state index contributed by atoms with van der Waals surface area (Å²) in [6, 6.07) is 15.2. The minimum atomic E-state index is 0.0783. The zero-order valence-electron chi connectivity index (χ0n) is 12.0. The van der Waals surface area contributed by atoms with Crippen molar-refractivity contribution in [2.24, 2.45) is 0 Å². The number of benzene rings is 1. The number of hydrogen-bond acceptors (Lipinski definition) is 3. The average Bonchev–Trinajstić information content (AvgIpc) is 3.00. The predicted molar refractivity (Wildman–Crippen MR) is 86.3 cm³/mol. The van der Waals surface area contributed by atoms with Crippen molar-refractivity contribution >= 4 is 11.3 Å². The molecule has 1 aromatic carbocycles. The molecular weight excluding hydrogens is 264 g/mol. The molecule has 1 unspecified atom stereocenters. The lowest BCUT2D eigenvalue weighted by Crippen LogP contribution is -2.56. The Kier molecular flexibility index (Phi) is 4.20. The second-order valence-electron chi connectivity index (χ2n) is 5.73. The molecule has 0 aliphatic carbocycles. The van der Waals surface area contributed by atoms with Gasteiger partial charge in [-0.25, -0.2) is 0 Å². The number of nitrogens with zero attached hydrogens (tertiary/aromatic N) is 1. The summed E-state index contributed by atoms with van der Waals surface area (Å²) in [4.78, 5) is 4.08. The van der Waals surface area contributed by atoms with Crippen LogP contribution in [0.3, 0.4) is 0 Å². The third-order valence-corrected chi connectivity index (χ3v) is 5.08. The first-order chi connectivity index (χ1) is 9.76. The lowest BCUT2D eigenvalue weighted by atomic mass is 9.89. The monoisotopic (exact) mass is 286 g/mol. The summed E-state index contributed by atoms with van der Waals surface area (Å²) in [5.74, 6) is 0. The number of rotatable bonds is 4. The smallest absolute Gasteiger partial charge is 0.0535 e. The molecule has 106 valence electrons. The van der Waals surface area contributed by atoms with Crippen LogP contribution in [0.4, 0.5) is 0 Å². The molecule has 1 aliphatic rings. The minimum Gasteiger partial charge on any atom is -0.305 e. The van der Waals surface area contributed by atoms with E-state index < -0.39 is 0 Å². The third kappa shape index (κ3) is 3.11. The molecule has 0 spiro atoms. The van der Waals surface area contributed by atoms with Crippen molar-refractivity contribution in [2.45, 2.75) is 18.9 Å². The van der Waals surface area contributed by atoms with Gasteiger partial charge in [-0.05, 0) is 30.4 Å². The van der Waals surface area contributed by atoms with Gasteiger partial charge in [0.25, 0.3) is 0 Å². The first-order valence-electron chi connectivity index (χ1n) is 7.32. The van der Waals surface area contributed by atoms with Crippen molar-refractivity contribution < 1.29 is 0 Å². The van der Waals surface area contributed by atoms with Crippen molar-refractivity contribution in [1.82, 2.24) is 10.2 Å². The Bertz CT molecular complexity index is 523. The van der Waals surface area contributed by atoms with Gasteiger partial charge in [0.1, 0.15) is 0 Å². The van der Waals surface area contributed by atoms with Crippen LogP contribution < -0.4 is 5.32 Å². The maximum atomic E-state index is 3.70. The quantitative estimate of drug-likeness (QED) is 0.929. The lowest BCUT2D eigenvalue weighted by Gasteiger charge is -2.42. The molecule has 1 atom stereocenters. The van der Waals surface area contributed by atoms with Gasteiger partial charge in [0.15, 0.2) is 0 Å². The number of nitrogens with one attached hydrogen (secondary N) is 1. The van der Waals surface area contributed by atoms with Crippen LogP contribution in [0.5, 0.6) is 0 Å². The van der Waals surface area contributed by atoms with E-state index in [1.165, 1.54) is 16.9 Å². The molecule has 3 heteroatoms. The Morgan fingerprint density at radius 2 is 2.05 bits per heavy atom. The van der Waals surface area contributed by atoms with Crippen LogP contribution in [0.1, 0.15) is 17.4 Å². The molecule has 2 heterocycles. The molecule has 0 saturated carbocycles. The van der Waals surface area contributed by atoms with Crippen molar-refractivity contribution in [2.75, 3.05) is 26.2 Å². The van der Waals surface area contributed by atoms with Gasteiger partial charge in [0.2, 0.25) is 0 Å². The molecule has 0 bridgehead atoms. The van der Waals surface area contributed by atoms with E-state index in [4.69, 9.17) is 0 Å². The maximum Gasteiger partial charge on any atom is 0.0535 e. The summed E-state index contributed by atoms with van der Waals surface area (Å²) in [5.41, 5.74) is 1.47. The molecule has 0 amide bonds. The van der Waals surface area contributed by atoms with Crippen LogP contribution in [0.25, 0.3) is 0 Å². The molecule has 1 saturated heterocycles. The second-order valence-corrected chi connectivity index (χ2v) is 6.76. The molecule has 1 N–H and O–H groups in total. The Morgan fingerprint density at radius 1 is 1.20 bits per heavy atom. The standard InChI is InChI=1S/C17H22N2S/c1-17(15-6-3-2-4-7-15)14-19(12-10-18-17)11-9-16-8-5-13-20-16/h2-8,13,18H,9-12,14H2,1H3. The number of piperazine rings is 1. The first kappa shape index (κ1) is 13.8. The minimum absolute atomic E-state index is 0.0783. The highest BCUT2D eigenvalue weighted by atomic mass is 32.1. The molecule has 2 nitrogen and oxygen atoms in total. The second kappa shape index (κ2) is 6.08. The fraction of sp³-hybridized carbons (Fsp3) is 0.412. The highest BCUT2D eigenvalue weighted by molar-refractivity contribution is 7.09. The summed E-state index contributed by atoms with van der Waals surface area (Å²) in [6.45, 7) is 6.77. The highest BCUT2D eigenvalue weighted by Gasteiger charge is 2.31. The van der Waals surface area contributed by atoms with E-state index >= 15 is 0 Å². The molecule has 1 aromatic heterocycles. The van der Waals surface area contributed by atoms with E-state index in [1.54, 1.807) is 0 Å². The van der Waals surface area contributed by atoms with Crippen LogP contribution in [0.15, 0.2) is 47.8 Å². The maximum absolute atomic E-state index is 3.70. The van der Waals surface area contributed by atoms with Gasteiger partial charge in [0.05, 0.1) is 5.54 Å². The Labute approximate surface area is 125 Å². The number of thiophene rings is 1. The van der Waals surface area contributed by atoms with Gasteiger partial charge in [-0.2, -0.15) is 0 Å². The fourth-order valence-electron chi connectivity index (χ4n) is 2.99. The van der Waals surface area contributed by atoms with Gasteiger partial charge < -0.3 is 5.32 Å². The van der Waals surface area contributed by atoms with Crippen LogP contribution in [0, 0.1) is 0 Å². The molecular formula is C17H22N2S. The Balaban J connectivity index is 1.64. The van der Waals surface area contributed by atoms with E-state index in [-0.39, 0.29) is 5.54 Å². The van der Waals surface area contributed by atoms with Crippen LogP contribution >= 0.6 is 11.3 Å². The van der Waals surface area contributed by atoms with E-state index in [0.29, 0.717) is 0 Å². The predicted octanol–water partition coefficient (Wildman–Crippen LogP) is 3.11. The third-order valence-electron chi connectivity index (χ3n) is 4.15. The summed E-state index contributed by atoms with van der Waals surface area (Å²) in [5, 5.41) is 5.86. The summed E-state index contributed by atoms with van der Waals surface area (Å²) in [7, 11) is 0. The zero-order valence-corrected chi connectivity index (χ0v) is 12.8. The lowest BCUT2D eigenvalue weighted by molar-refractivity contribution is 0.144. The summed E-state index contributed by atoms with van der Waals surface area (Å²) in [6.07, 6.45) is 1.17. The molecule has 1 fully saturated rings. The van der Waals surface area contributed by atoms with Crippen molar-refractivity contribution in [3.05, 3.63) is 58.3 Å². The Hall–Kier alpha value is -1.16. The molecule has 3 rings (SSSR count). The van der Waals surface area contributed by atoms with Gasteiger partial charge in [0, 0.05) is 31.1 Å². The van der Waals surface area contributed by atoms with Crippen LogP contribution in [-0.2, 0) is 12.0 Å². The molecule has 1 aliphatic heterocycles. The average molecular weight is 286 g/mol. The van der Waals surface area contributed by atoms with Crippen molar-refractivity contribution in [3.63, 3.8) is 0 Å². The van der Waals surface area contributed by atoms with E-state index in [9.17, 15) is 0 Å². The molecule has 0 radical (unpaired) electrons. The zero-order chi connectivity index (χ0) is 13.8. The largest absolute Gasteiger partial charge is 0.305 e. The van der Waals surface area contributed by atoms with E-state index in [2.05, 4.69) is 65.0 Å². The first-order valence-corrected chi connectivity index (χ1v) is 8.19. The Morgan fingerprint density at radius 3 is 2.80 bits per heavy atom. The van der Waals surface area contributed by atoms with Gasteiger partial charge >= 0.3 is 0 Å². The van der Waals surface area contributed by atoms with Crippen molar-refractivity contribution in [3.8, 4) is 0 Å². The number of hydrogen-bond donors (Lipinski definition) is 1. The molecule has 2 aromatic rings. The summed E-state index contributed by atoms with van der Waals surface area (Å²) >= 11 is 1.87. The summed E-state index contributed by atoms with van der Waals surface area (Å²) < 4.78 is 0. The van der Waals surface area contributed by atoms with Crippen LogP contribution in [0.2, 0.25) is 0 Å². The van der Waals surface area contributed by atoms with Gasteiger partial charge in [-0.3, -0.25) is 4.90 Å². The fourth-order valence-corrected chi connectivity index (χ4v) is 3.68. The van der Waals surface area contributed by atoms with Gasteiger partial charge in [-0.15, -0.1) is 11.3 Å². The normalized spacial score (nSPS) is 23.9. The SMILES string of the molecule is CC1(c2ccccc2)CN(CCc2cccs2)CCN1. The van der Waals surface area contributed by atoms with E-state index in [0.717, 1.165) is 26.2 Å². The van der Waals surface area contributed by atoms with Crippen molar-refractivity contribution in [1.29, 1.82) is 0 Å². The molecule has 20 heavy (non-hydrogen) atoms. The topological polar surface area (TPSA) is 15.3 Å². The van der Waals surface area contributed by atoms with Gasteiger partial charge in [-0.1, -0.05) is 36.4 Å². The van der Waals surface area contributed by atoms with E-state index in [1.807, 2.05) is 11.3 Å².